The molecule has 19 heavy (non-hydrogen) atoms. The molecule has 4 nitrogen and oxygen atoms in total. The monoisotopic (exact) mass is 285 g/mol. The molecule has 2 rings (SSSR count). The van der Waals surface area contributed by atoms with E-state index in [2.05, 4.69) is 11.9 Å². The highest BCUT2D eigenvalue weighted by atomic mass is 35.5. The summed E-state index contributed by atoms with van der Waals surface area (Å²) in [6.45, 7) is 4.17. The summed E-state index contributed by atoms with van der Waals surface area (Å²) in [5.41, 5.74) is 7.11. The van der Waals surface area contributed by atoms with Crippen molar-refractivity contribution in [2.24, 2.45) is 0 Å². The number of imidazole rings is 1. The lowest BCUT2D eigenvalue weighted by atomic mass is 10.3. The van der Waals surface area contributed by atoms with Gasteiger partial charge in [-0.1, -0.05) is 18.5 Å². The smallest absolute Gasteiger partial charge is 0.201 e. The zero-order chi connectivity index (χ0) is 13.8. The first-order chi connectivity index (χ1) is 9.13. The van der Waals surface area contributed by atoms with Crippen molar-refractivity contribution in [1.29, 1.82) is 0 Å². The van der Waals surface area contributed by atoms with Crippen LogP contribution in [-0.4, -0.2) is 22.8 Å². The van der Waals surface area contributed by atoms with Crippen LogP contribution in [-0.2, 0) is 11.3 Å². The maximum Gasteiger partial charge on any atom is 0.201 e. The average molecular weight is 286 g/mol. The average Bonchev–Trinajstić information content (AvgIpc) is 2.66. The third kappa shape index (κ3) is 3.16. The molecular weight excluding hydrogens is 269 g/mol. The molecule has 0 bridgehead atoms. The van der Waals surface area contributed by atoms with Crippen molar-refractivity contribution in [3.05, 3.63) is 23.0 Å². The number of aryl methyl sites for hydroxylation is 1. The summed E-state index contributed by atoms with van der Waals surface area (Å²) in [6.07, 6.45) is 1.83. The molecule has 0 radical (unpaired) electrons. The second kappa shape index (κ2) is 6.21. The minimum atomic E-state index is -0.481. The van der Waals surface area contributed by atoms with Gasteiger partial charge in [0.2, 0.25) is 5.95 Å². The number of aromatic nitrogens is 2. The van der Waals surface area contributed by atoms with Gasteiger partial charge in [-0.2, -0.15) is 0 Å². The van der Waals surface area contributed by atoms with Gasteiger partial charge in [-0.25, -0.2) is 9.37 Å². The quantitative estimate of drug-likeness (QED) is 0.829. The highest BCUT2D eigenvalue weighted by molar-refractivity contribution is 6.31. The fourth-order valence-electron chi connectivity index (χ4n) is 1.94. The van der Waals surface area contributed by atoms with Crippen molar-refractivity contribution in [2.75, 3.05) is 18.9 Å². The van der Waals surface area contributed by atoms with Crippen molar-refractivity contribution < 1.29 is 9.13 Å². The summed E-state index contributed by atoms with van der Waals surface area (Å²) in [6, 6.07) is 2.86. The molecule has 1 aromatic carbocycles. The van der Waals surface area contributed by atoms with Crippen LogP contribution >= 0.6 is 11.6 Å². The number of ether oxygens (including phenoxy) is 1. The summed E-state index contributed by atoms with van der Waals surface area (Å²) in [7, 11) is 0. The van der Waals surface area contributed by atoms with Gasteiger partial charge in [0.05, 0.1) is 16.1 Å². The second-order valence-electron chi connectivity index (χ2n) is 4.34. The summed E-state index contributed by atoms with van der Waals surface area (Å²) < 4.78 is 20.6. The highest BCUT2D eigenvalue weighted by Crippen LogP contribution is 2.24. The van der Waals surface area contributed by atoms with E-state index in [4.69, 9.17) is 22.1 Å². The lowest BCUT2D eigenvalue weighted by Crippen LogP contribution is -2.06. The molecule has 104 valence electrons. The van der Waals surface area contributed by atoms with Crippen LogP contribution in [0, 0.1) is 5.82 Å². The summed E-state index contributed by atoms with van der Waals surface area (Å²) in [5.74, 6) is -0.114. The number of hydrogen-bond acceptors (Lipinski definition) is 3. The number of halogens is 2. The van der Waals surface area contributed by atoms with E-state index in [1.807, 2.05) is 4.57 Å². The van der Waals surface area contributed by atoms with E-state index in [1.54, 1.807) is 6.07 Å². The Kier molecular flexibility index (Phi) is 4.61. The highest BCUT2D eigenvalue weighted by Gasteiger charge is 2.11. The molecule has 0 fully saturated rings. The van der Waals surface area contributed by atoms with E-state index in [1.165, 1.54) is 6.07 Å². The van der Waals surface area contributed by atoms with Gasteiger partial charge in [-0.05, 0) is 18.9 Å². The van der Waals surface area contributed by atoms with Gasteiger partial charge in [0.15, 0.2) is 0 Å². The maximum absolute atomic E-state index is 13.3. The molecular formula is C13H17ClFN3O. The van der Waals surface area contributed by atoms with E-state index in [0.29, 0.717) is 24.6 Å². The largest absolute Gasteiger partial charge is 0.381 e. The van der Waals surface area contributed by atoms with E-state index >= 15 is 0 Å². The summed E-state index contributed by atoms with van der Waals surface area (Å²) in [4.78, 5) is 4.13. The normalized spacial score (nSPS) is 11.3. The van der Waals surface area contributed by atoms with Crippen molar-refractivity contribution >= 4 is 28.6 Å². The van der Waals surface area contributed by atoms with Crippen LogP contribution < -0.4 is 5.73 Å². The number of anilines is 1. The molecule has 6 heteroatoms. The van der Waals surface area contributed by atoms with Crippen molar-refractivity contribution in [1.82, 2.24) is 9.55 Å². The van der Waals surface area contributed by atoms with Crippen molar-refractivity contribution in [3.63, 3.8) is 0 Å². The third-order valence-electron chi connectivity index (χ3n) is 2.84. The molecule has 0 unspecified atom stereocenters. The van der Waals surface area contributed by atoms with Gasteiger partial charge in [0.25, 0.3) is 0 Å². The van der Waals surface area contributed by atoms with Gasteiger partial charge >= 0.3 is 0 Å². The number of nitrogen functional groups attached to an aromatic ring is 1. The molecule has 0 amide bonds. The van der Waals surface area contributed by atoms with Crippen LogP contribution in [0.15, 0.2) is 12.1 Å². The molecule has 0 aliphatic rings. The molecule has 1 aromatic heterocycles. The van der Waals surface area contributed by atoms with E-state index in [9.17, 15) is 4.39 Å². The molecule has 2 aromatic rings. The lowest BCUT2D eigenvalue weighted by Gasteiger charge is -2.07. The van der Waals surface area contributed by atoms with E-state index in [0.717, 1.165) is 25.0 Å². The van der Waals surface area contributed by atoms with Crippen molar-refractivity contribution in [2.45, 2.75) is 26.3 Å². The fourth-order valence-corrected chi connectivity index (χ4v) is 2.10. The predicted molar refractivity (Wildman–Crippen MR) is 74.8 cm³/mol. The Labute approximate surface area is 116 Å². The van der Waals surface area contributed by atoms with Crippen LogP contribution in [0.4, 0.5) is 10.3 Å². The third-order valence-corrected chi connectivity index (χ3v) is 3.13. The zero-order valence-electron chi connectivity index (χ0n) is 10.8. The van der Waals surface area contributed by atoms with Crippen LogP contribution in [0.3, 0.4) is 0 Å². The predicted octanol–water partition coefficient (Wildman–Crippen LogP) is 3.23. The summed E-state index contributed by atoms with van der Waals surface area (Å²) >= 11 is 5.79. The first-order valence-electron chi connectivity index (χ1n) is 6.32. The van der Waals surface area contributed by atoms with Crippen LogP contribution in [0.2, 0.25) is 5.02 Å². The van der Waals surface area contributed by atoms with Crippen molar-refractivity contribution in [3.8, 4) is 0 Å². The Balaban J connectivity index is 2.13. The Hall–Kier alpha value is -1.33. The molecule has 0 spiro atoms. The Morgan fingerprint density at radius 3 is 2.95 bits per heavy atom. The first kappa shape index (κ1) is 14.1. The lowest BCUT2D eigenvalue weighted by molar-refractivity contribution is 0.129. The molecule has 2 N–H and O–H groups in total. The van der Waals surface area contributed by atoms with Gasteiger partial charge in [-0.3, -0.25) is 0 Å². The van der Waals surface area contributed by atoms with E-state index in [-0.39, 0.29) is 5.02 Å². The minimum absolute atomic E-state index is 0.0795. The van der Waals surface area contributed by atoms with E-state index < -0.39 is 5.82 Å². The fraction of sp³-hybridized carbons (Fsp3) is 0.462. The molecule has 0 aliphatic heterocycles. The number of rotatable bonds is 6. The Morgan fingerprint density at radius 2 is 2.21 bits per heavy atom. The van der Waals surface area contributed by atoms with Crippen LogP contribution in [0.25, 0.3) is 11.0 Å². The maximum atomic E-state index is 13.3. The van der Waals surface area contributed by atoms with Gasteiger partial charge in [0.1, 0.15) is 5.82 Å². The number of fused-ring (bicyclic) bond motifs is 1. The standard InChI is InChI=1S/C13H17ClFN3O/c1-2-5-19-6-3-4-18-12-7-9(14)10(15)8-11(12)17-13(18)16/h7-8H,2-6H2,1H3,(H2,16,17). The second-order valence-corrected chi connectivity index (χ2v) is 4.75. The van der Waals surface area contributed by atoms with Crippen LogP contribution in [0.1, 0.15) is 19.8 Å². The van der Waals surface area contributed by atoms with Gasteiger partial charge in [-0.15, -0.1) is 0 Å². The van der Waals surface area contributed by atoms with Gasteiger partial charge in [0, 0.05) is 25.8 Å². The Morgan fingerprint density at radius 1 is 1.42 bits per heavy atom. The first-order valence-corrected chi connectivity index (χ1v) is 6.69. The number of nitrogens with zero attached hydrogens (tertiary/aromatic N) is 2. The summed E-state index contributed by atoms with van der Waals surface area (Å²) in [5, 5.41) is 0.0795. The number of benzene rings is 1. The number of hydrogen-bond donors (Lipinski definition) is 1. The van der Waals surface area contributed by atoms with Crippen LogP contribution in [0.5, 0.6) is 0 Å². The zero-order valence-corrected chi connectivity index (χ0v) is 11.6. The minimum Gasteiger partial charge on any atom is -0.381 e. The number of nitrogens with two attached hydrogens (primary N) is 1. The Bertz CT molecular complexity index is 571. The molecule has 0 saturated carbocycles. The molecule has 0 saturated heterocycles. The SMILES string of the molecule is CCCOCCCn1c(N)nc2cc(F)c(Cl)cc21. The molecule has 0 atom stereocenters. The molecule has 1 heterocycles. The topological polar surface area (TPSA) is 53.1 Å². The molecule has 0 aliphatic carbocycles. The van der Waals surface area contributed by atoms with Gasteiger partial charge < -0.3 is 15.0 Å².